The molecule has 0 saturated heterocycles. The summed E-state index contributed by atoms with van der Waals surface area (Å²) in [6.45, 7) is 2.95. The maximum absolute atomic E-state index is 12.4. The molecule has 110 valence electrons. The van der Waals surface area contributed by atoms with Crippen molar-refractivity contribution < 1.29 is 9.53 Å². The van der Waals surface area contributed by atoms with Crippen molar-refractivity contribution in [2.24, 2.45) is 0 Å². The Balaban J connectivity index is 2.10. The van der Waals surface area contributed by atoms with Crippen LogP contribution in [-0.2, 0) is 6.54 Å². The summed E-state index contributed by atoms with van der Waals surface area (Å²) in [6, 6.07) is 8.88. The highest BCUT2D eigenvalue weighted by Gasteiger charge is 2.13. The fraction of sp³-hybridized carbons (Fsp3) is 0.250. The lowest BCUT2D eigenvalue weighted by Crippen LogP contribution is -2.26. The zero-order valence-corrected chi connectivity index (χ0v) is 12.2. The van der Waals surface area contributed by atoms with Crippen molar-refractivity contribution in [2.75, 3.05) is 19.4 Å². The van der Waals surface area contributed by atoms with E-state index < -0.39 is 0 Å². The van der Waals surface area contributed by atoms with Gasteiger partial charge in [0.15, 0.2) is 0 Å². The van der Waals surface area contributed by atoms with Crippen molar-refractivity contribution in [1.82, 2.24) is 9.88 Å². The number of amides is 1. The highest BCUT2D eigenvalue weighted by atomic mass is 16.5. The lowest BCUT2D eigenvalue weighted by Gasteiger charge is -2.18. The number of rotatable bonds is 5. The van der Waals surface area contributed by atoms with Crippen molar-refractivity contribution in [3.8, 4) is 5.75 Å². The number of pyridine rings is 1. The third kappa shape index (κ3) is 3.72. The number of nitrogen functional groups attached to an aromatic ring is 1. The summed E-state index contributed by atoms with van der Waals surface area (Å²) in [6.07, 6.45) is 3.42. The van der Waals surface area contributed by atoms with Gasteiger partial charge in [0, 0.05) is 31.5 Å². The highest BCUT2D eigenvalue weighted by molar-refractivity contribution is 5.95. The Morgan fingerprint density at radius 3 is 2.62 bits per heavy atom. The molecular weight excluding hydrogens is 266 g/mol. The van der Waals surface area contributed by atoms with Crippen LogP contribution >= 0.6 is 0 Å². The van der Waals surface area contributed by atoms with Crippen LogP contribution in [0.25, 0.3) is 0 Å². The van der Waals surface area contributed by atoms with Gasteiger partial charge in [-0.1, -0.05) is 0 Å². The minimum atomic E-state index is -0.0819. The predicted octanol–water partition coefficient (Wildman–Crippen LogP) is 2.33. The van der Waals surface area contributed by atoms with Gasteiger partial charge in [-0.3, -0.25) is 9.78 Å². The van der Waals surface area contributed by atoms with Crippen LogP contribution in [0.15, 0.2) is 42.7 Å². The molecule has 0 saturated carbocycles. The van der Waals surface area contributed by atoms with Crippen LogP contribution < -0.4 is 10.5 Å². The molecule has 5 nitrogen and oxygen atoms in total. The summed E-state index contributed by atoms with van der Waals surface area (Å²) in [7, 11) is 1.76. The first-order valence-corrected chi connectivity index (χ1v) is 6.78. The standard InChI is InChI=1S/C16H19N3O2/c1-3-21-15-5-4-13(10-14(15)17)16(20)19(2)11-12-6-8-18-9-7-12/h4-10H,3,11,17H2,1-2H3. The maximum atomic E-state index is 12.4. The van der Waals surface area contributed by atoms with Crippen molar-refractivity contribution in [2.45, 2.75) is 13.5 Å². The molecule has 0 aliphatic carbocycles. The average Bonchev–Trinajstić information content (AvgIpc) is 2.49. The molecule has 0 aliphatic heterocycles. The van der Waals surface area contributed by atoms with E-state index in [2.05, 4.69) is 4.98 Å². The van der Waals surface area contributed by atoms with Crippen LogP contribution in [0.5, 0.6) is 5.75 Å². The second-order valence-electron chi connectivity index (χ2n) is 4.70. The Hall–Kier alpha value is -2.56. The minimum Gasteiger partial charge on any atom is -0.492 e. The predicted molar refractivity (Wildman–Crippen MR) is 82.1 cm³/mol. The van der Waals surface area contributed by atoms with Crippen molar-refractivity contribution >= 4 is 11.6 Å². The number of hydrogen-bond acceptors (Lipinski definition) is 4. The number of nitrogens with two attached hydrogens (primary N) is 1. The van der Waals surface area contributed by atoms with Gasteiger partial charge in [0.25, 0.3) is 5.91 Å². The third-order valence-corrected chi connectivity index (χ3v) is 3.07. The number of anilines is 1. The zero-order chi connectivity index (χ0) is 15.2. The number of carbonyl (C=O) groups excluding carboxylic acids is 1. The quantitative estimate of drug-likeness (QED) is 0.856. The Kier molecular flexibility index (Phi) is 4.77. The summed E-state index contributed by atoms with van der Waals surface area (Å²) in [5.74, 6) is 0.521. The molecule has 2 aromatic rings. The summed E-state index contributed by atoms with van der Waals surface area (Å²) >= 11 is 0. The molecule has 2 rings (SSSR count). The third-order valence-electron chi connectivity index (χ3n) is 3.07. The van der Waals surface area contributed by atoms with E-state index >= 15 is 0 Å². The molecule has 1 amide bonds. The van der Waals surface area contributed by atoms with E-state index in [0.29, 0.717) is 30.2 Å². The fourth-order valence-corrected chi connectivity index (χ4v) is 2.02. The second-order valence-corrected chi connectivity index (χ2v) is 4.70. The first-order valence-electron chi connectivity index (χ1n) is 6.78. The number of nitrogens with zero attached hydrogens (tertiary/aromatic N) is 2. The van der Waals surface area contributed by atoms with Crippen molar-refractivity contribution in [1.29, 1.82) is 0 Å². The van der Waals surface area contributed by atoms with E-state index in [1.807, 2.05) is 19.1 Å². The van der Waals surface area contributed by atoms with E-state index in [1.165, 1.54) is 0 Å². The number of aromatic nitrogens is 1. The smallest absolute Gasteiger partial charge is 0.253 e. The van der Waals surface area contributed by atoms with E-state index in [4.69, 9.17) is 10.5 Å². The first-order chi connectivity index (χ1) is 10.1. The van der Waals surface area contributed by atoms with Crippen LogP contribution in [0.1, 0.15) is 22.8 Å². The molecule has 2 N–H and O–H groups in total. The number of carbonyl (C=O) groups is 1. The lowest BCUT2D eigenvalue weighted by atomic mass is 10.1. The van der Waals surface area contributed by atoms with E-state index in [1.54, 1.807) is 42.5 Å². The summed E-state index contributed by atoms with van der Waals surface area (Å²) < 4.78 is 5.37. The van der Waals surface area contributed by atoms with Gasteiger partial charge in [-0.05, 0) is 42.8 Å². The Labute approximate surface area is 124 Å². The molecule has 0 spiro atoms. The molecule has 0 atom stereocenters. The maximum Gasteiger partial charge on any atom is 0.253 e. The summed E-state index contributed by atoms with van der Waals surface area (Å²) in [4.78, 5) is 18.0. The van der Waals surface area contributed by atoms with Crippen LogP contribution in [0.4, 0.5) is 5.69 Å². The topological polar surface area (TPSA) is 68.5 Å². The lowest BCUT2D eigenvalue weighted by molar-refractivity contribution is 0.0785. The fourth-order valence-electron chi connectivity index (χ4n) is 2.02. The van der Waals surface area contributed by atoms with Crippen molar-refractivity contribution in [3.05, 3.63) is 53.9 Å². The van der Waals surface area contributed by atoms with E-state index in [-0.39, 0.29) is 5.91 Å². The first kappa shape index (κ1) is 14.8. The van der Waals surface area contributed by atoms with Gasteiger partial charge < -0.3 is 15.4 Å². The molecule has 21 heavy (non-hydrogen) atoms. The normalized spacial score (nSPS) is 10.2. The molecule has 0 bridgehead atoms. The molecule has 1 aromatic heterocycles. The van der Waals surface area contributed by atoms with Gasteiger partial charge in [0.05, 0.1) is 12.3 Å². The van der Waals surface area contributed by atoms with Crippen LogP contribution in [-0.4, -0.2) is 29.4 Å². The van der Waals surface area contributed by atoms with Gasteiger partial charge in [0.1, 0.15) is 5.75 Å². The van der Waals surface area contributed by atoms with E-state index in [9.17, 15) is 4.79 Å². The molecule has 0 aliphatic rings. The zero-order valence-electron chi connectivity index (χ0n) is 12.2. The molecule has 5 heteroatoms. The number of ether oxygens (including phenoxy) is 1. The summed E-state index contributed by atoms with van der Waals surface area (Å²) in [5, 5.41) is 0. The molecule has 1 heterocycles. The van der Waals surface area contributed by atoms with Crippen LogP contribution in [0.3, 0.4) is 0 Å². The number of hydrogen-bond donors (Lipinski definition) is 1. The Bertz CT molecular complexity index is 614. The SMILES string of the molecule is CCOc1ccc(C(=O)N(C)Cc2ccncc2)cc1N. The van der Waals surface area contributed by atoms with Crippen LogP contribution in [0.2, 0.25) is 0 Å². The number of benzene rings is 1. The Morgan fingerprint density at radius 2 is 2.00 bits per heavy atom. The summed E-state index contributed by atoms with van der Waals surface area (Å²) in [5.41, 5.74) is 7.94. The van der Waals surface area contributed by atoms with Gasteiger partial charge in [-0.15, -0.1) is 0 Å². The largest absolute Gasteiger partial charge is 0.492 e. The minimum absolute atomic E-state index is 0.0819. The van der Waals surface area contributed by atoms with Crippen molar-refractivity contribution in [3.63, 3.8) is 0 Å². The molecule has 0 unspecified atom stereocenters. The average molecular weight is 285 g/mol. The highest BCUT2D eigenvalue weighted by Crippen LogP contribution is 2.23. The second kappa shape index (κ2) is 6.74. The molecule has 0 fully saturated rings. The monoisotopic (exact) mass is 285 g/mol. The molecule has 0 radical (unpaired) electrons. The van der Waals surface area contributed by atoms with Gasteiger partial charge in [-0.2, -0.15) is 0 Å². The molecular formula is C16H19N3O2. The van der Waals surface area contributed by atoms with Gasteiger partial charge >= 0.3 is 0 Å². The van der Waals surface area contributed by atoms with Crippen LogP contribution in [0, 0.1) is 0 Å². The molecule has 1 aromatic carbocycles. The Morgan fingerprint density at radius 1 is 1.29 bits per heavy atom. The van der Waals surface area contributed by atoms with Gasteiger partial charge in [0.2, 0.25) is 0 Å². The van der Waals surface area contributed by atoms with E-state index in [0.717, 1.165) is 5.56 Å². The van der Waals surface area contributed by atoms with Gasteiger partial charge in [-0.25, -0.2) is 0 Å².